The van der Waals surface area contributed by atoms with Gasteiger partial charge in [-0.3, -0.25) is 24.3 Å². The van der Waals surface area contributed by atoms with Crippen molar-refractivity contribution in [3.63, 3.8) is 0 Å². The molecule has 0 saturated heterocycles. The molecule has 0 aliphatic heterocycles. The van der Waals surface area contributed by atoms with Gasteiger partial charge >= 0.3 is 0 Å². The number of fused-ring (bicyclic) bond motifs is 1. The first kappa shape index (κ1) is 22.6. The predicted molar refractivity (Wildman–Crippen MR) is 127 cm³/mol. The molecule has 2 aromatic heterocycles. The van der Waals surface area contributed by atoms with Crippen molar-refractivity contribution in [3.05, 3.63) is 104 Å². The molecule has 34 heavy (non-hydrogen) atoms. The normalized spacial score (nSPS) is 11.2. The van der Waals surface area contributed by atoms with Crippen LogP contribution in [0.4, 0.5) is 5.69 Å². The fourth-order valence-corrected chi connectivity index (χ4v) is 3.39. The van der Waals surface area contributed by atoms with Crippen molar-refractivity contribution < 1.29 is 9.72 Å². The lowest BCUT2D eigenvalue weighted by molar-refractivity contribution is -0.384. The minimum absolute atomic E-state index is 0.0106. The Kier molecular flexibility index (Phi) is 6.58. The van der Waals surface area contributed by atoms with Gasteiger partial charge in [0, 0.05) is 24.8 Å². The third-order valence-corrected chi connectivity index (χ3v) is 5.25. The maximum atomic E-state index is 12.8. The molecule has 1 N–H and O–H groups in total. The van der Waals surface area contributed by atoms with E-state index in [9.17, 15) is 19.7 Å². The monoisotopic (exact) mass is 458 g/mol. The summed E-state index contributed by atoms with van der Waals surface area (Å²) in [5, 5.41) is 18.1. The summed E-state index contributed by atoms with van der Waals surface area (Å²) < 4.78 is 3.12. The molecule has 0 saturated carbocycles. The Labute approximate surface area is 194 Å². The van der Waals surface area contributed by atoms with Gasteiger partial charge in [0.25, 0.3) is 11.2 Å². The quantitative estimate of drug-likeness (QED) is 0.246. The standard InChI is InChI=1S/C24H22N6O4/c1-17-2-4-19(5-3-17)15-28-16-26-23-21(24(28)32)14-27-29(23)13-12-25-22(31)11-8-18-6-9-20(10-7-18)30(33)34/h2-11,14,16H,12-13,15H2,1H3,(H,25,31)/b11-8-. The molecule has 0 aliphatic carbocycles. The third-order valence-electron chi connectivity index (χ3n) is 5.25. The lowest BCUT2D eigenvalue weighted by Gasteiger charge is -2.07. The van der Waals surface area contributed by atoms with Crippen molar-refractivity contribution in [1.82, 2.24) is 24.6 Å². The van der Waals surface area contributed by atoms with Crippen molar-refractivity contribution in [3.8, 4) is 0 Å². The van der Waals surface area contributed by atoms with Crippen molar-refractivity contribution in [2.75, 3.05) is 6.54 Å². The maximum absolute atomic E-state index is 12.8. The fourth-order valence-electron chi connectivity index (χ4n) is 3.39. The van der Waals surface area contributed by atoms with E-state index in [1.807, 2.05) is 31.2 Å². The van der Waals surface area contributed by atoms with Gasteiger partial charge in [-0.25, -0.2) is 9.67 Å². The van der Waals surface area contributed by atoms with Crippen molar-refractivity contribution in [2.24, 2.45) is 0 Å². The molecule has 10 heteroatoms. The number of nitrogens with zero attached hydrogens (tertiary/aromatic N) is 5. The average molecular weight is 458 g/mol. The number of nitro groups is 1. The van der Waals surface area contributed by atoms with Crippen LogP contribution >= 0.6 is 0 Å². The molecule has 4 rings (SSSR count). The second-order valence-corrected chi connectivity index (χ2v) is 7.74. The number of carbonyl (C=O) groups excluding carboxylic acids is 1. The molecule has 1 amide bonds. The molecule has 4 aromatic rings. The van der Waals surface area contributed by atoms with Crippen molar-refractivity contribution in [2.45, 2.75) is 20.0 Å². The number of amides is 1. The van der Waals surface area contributed by atoms with E-state index in [4.69, 9.17) is 0 Å². The van der Waals surface area contributed by atoms with Gasteiger partial charge in [0.05, 0.1) is 24.2 Å². The first-order valence-electron chi connectivity index (χ1n) is 10.6. The number of nitro benzene ring substituents is 1. The topological polar surface area (TPSA) is 125 Å². The number of rotatable bonds is 8. The Morgan fingerprint density at radius 1 is 1.15 bits per heavy atom. The first-order valence-corrected chi connectivity index (χ1v) is 10.6. The lowest BCUT2D eigenvalue weighted by atomic mass is 10.1. The number of benzene rings is 2. The van der Waals surface area contributed by atoms with Crippen molar-refractivity contribution >= 4 is 28.7 Å². The highest BCUT2D eigenvalue weighted by Crippen LogP contribution is 2.13. The average Bonchev–Trinajstić information content (AvgIpc) is 3.25. The lowest BCUT2D eigenvalue weighted by Crippen LogP contribution is -2.26. The molecule has 0 aliphatic rings. The summed E-state index contributed by atoms with van der Waals surface area (Å²) >= 11 is 0. The summed E-state index contributed by atoms with van der Waals surface area (Å²) in [6, 6.07) is 13.8. The number of aromatic nitrogens is 4. The van der Waals surface area contributed by atoms with E-state index >= 15 is 0 Å². The van der Waals surface area contributed by atoms with Gasteiger partial charge in [-0.05, 0) is 36.3 Å². The molecule has 0 fully saturated rings. The Morgan fingerprint density at radius 3 is 2.59 bits per heavy atom. The van der Waals surface area contributed by atoms with Gasteiger partial charge < -0.3 is 5.32 Å². The Morgan fingerprint density at radius 2 is 1.88 bits per heavy atom. The summed E-state index contributed by atoms with van der Waals surface area (Å²) in [4.78, 5) is 39.5. The zero-order valence-corrected chi connectivity index (χ0v) is 18.4. The summed E-state index contributed by atoms with van der Waals surface area (Å²) in [6.07, 6.45) is 5.92. The number of nitrogens with one attached hydrogen (secondary N) is 1. The maximum Gasteiger partial charge on any atom is 0.269 e. The van der Waals surface area contributed by atoms with Gasteiger partial charge in [-0.2, -0.15) is 5.10 Å². The van der Waals surface area contributed by atoms with Gasteiger partial charge in [0.1, 0.15) is 11.7 Å². The van der Waals surface area contributed by atoms with Crippen LogP contribution in [0.5, 0.6) is 0 Å². The SMILES string of the molecule is Cc1ccc(Cn2cnc3c(cnn3CCNC(=O)/C=C\c3ccc([N+](=O)[O-])cc3)c2=O)cc1. The minimum atomic E-state index is -0.479. The highest BCUT2D eigenvalue weighted by atomic mass is 16.6. The summed E-state index contributed by atoms with van der Waals surface area (Å²) in [5.74, 6) is -0.316. The van der Waals surface area contributed by atoms with Crippen molar-refractivity contribution in [1.29, 1.82) is 0 Å². The molecular formula is C24H22N6O4. The Bertz CT molecular complexity index is 1420. The van der Waals surface area contributed by atoms with E-state index in [0.29, 0.717) is 29.7 Å². The minimum Gasteiger partial charge on any atom is -0.351 e. The zero-order chi connectivity index (χ0) is 24.1. The highest BCUT2D eigenvalue weighted by Gasteiger charge is 2.11. The van der Waals surface area contributed by atoms with Gasteiger partial charge in [0.2, 0.25) is 5.91 Å². The molecule has 0 spiro atoms. The van der Waals surface area contributed by atoms with Crippen LogP contribution in [0.2, 0.25) is 0 Å². The molecule has 0 bridgehead atoms. The van der Waals surface area contributed by atoms with Crippen LogP contribution in [0, 0.1) is 17.0 Å². The van der Waals surface area contributed by atoms with Gasteiger partial charge in [-0.15, -0.1) is 0 Å². The van der Waals surface area contributed by atoms with Crippen LogP contribution in [0.3, 0.4) is 0 Å². The van der Waals surface area contributed by atoms with Gasteiger partial charge in [-0.1, -0.05) is 29.8 Å². The molecular weight excluding hydrogens is 436 g/mol. The second kappa shape index (κ2) is 9.90. The first-order chi connectivity index (χ1) is 16.4. The van der Waals surface area contributed by atoms with Crippen LogP contribution in [0.1, 0.15) is 16.7 Å². The molecule has 0 unspecified atom stereocenters. The van der Waals surface area contributed by atoms with Crippen LogP contribution in [-0.2, 0) is 17.9 Å². The molecule has 2 heterocycles. The van der Waals surface area contributed by atoms with E-state index in [1.165, 1.54) is 30.7 Å². The number of carbonyl (C=O) groups is 1. The molecule has 2 aromatic carbocycles. The fraction of sp³-hybridized carbons (Fsp3) is 0.167. The van der Waals surface area contributed by atoms with Crippen LogP contribution in [0.15, 0.2) is 71.9 Å². The van der Waals surface area contributed by atoms with Gasteiger partial charge in [0.15, 0.2) is 5.65 Å². The second-order valence-electron chi connectivity index (χ2n) is 7.74. The number of non-ortho nitro benzene ring substituents is 1. The summed E-state index contributed by atoms with van der Waals surface area (Å²) in [6.45, 7) is 3.06. The summed E-state index contributed by atoms with van der Waals surface area (Å²) in [5.41, 5.74) is 3.10. The number of hydrogen-bond donors (Lipinski definition) is 1. The van der Waals surface area contributed by atoms with Crippen LogP contribution in [0.25, 0.3) is 17.1 Å². The van der Waals surface area contributed by atoms with E-state index < -0.39 is 4.92 Å². The highest BCUT2D eigenvalue weighted by molar-refractivity contribution is 5.91. The van der Waals surface area contributed by atoms with Crippen LogP contribution in [-0.4, -0.2) is 36.7 Å². The molecule has 172 valence electrons. The molecule has 0 radical (unpaired) electrons. The van der Waals surface area contributed by atoms with E-state index in [0.717, 1.165) is 11.1 Å². The zero-order valence-electron chi connectivity index (χ0n) is 18.4. The predicted octanol–water partition coefficient (Wildman–Crippen LogP) is 2.69. The van der Waals surface area contributed by atoms with E-state index in [1.54, 1.807) is 27.5 Å². The largest absolute Gasteiger partial charge is 0.351 e. The smallest absolute Gasteiger partial charge is 0.269 e. The molecule has 0 atom stereocenters. The van der Waals surface area contributed by atoms with Crippen LogP contribution < -0.4 is 10.9 Å². The summed E-state index contributed by atoms with van der Waals surface area (Å²) in [7, 11) is 0. The Balaban J connectivity index is 1.35. The Hall–Kier alpha value is -4.60. The number of hydrogen-bond acceptors (Lipinski definition) is 6. The third kappa shape index (κ3) is 5.23. The van der Waals surface area contributed by atoms with E-state index in [2.05, 4.69) is 15.4 Å². The number of aryl methyl sites for hydroxylation is 1. The van der Waals surface area contributed by atoms with E-state index in [-0.39, 0.29) is 23.7 Å². The molecule has 10 nitrogen and oxygen atoms in total.